The van der Waals surface area contributed by atoms with E-state index in [1.54, 1.807) is 24.3 Å². The number of amides is 1. The summed E-state index contributed by atoms with van der Waals surface area (Å²) in [6, 6.07) is 9.29. The molecule has 1 saturated heterocycles. The van der Waals surface area contributed by atoms with Gasteiger partial charge in [0.15, 0.2) is 11.7 Å². The number of nitrogens with zero attached hydrogens (tertiary/aromatic N) is 3. The lowest BCUT2D eigenvalue weighted by molar-refractivity contribution is -0.174. The highest BCUT2D eigenvalue weighted by Gasteiger charge is 2.47. The minimum Gasteiger partial charge on any atom is -0.467 e. The largest absolute Gasteiger partial charge is 0.467 e. The van der Waals surface area contributed by atoms with Crippen molar-refractivity contribution in [2.45, 2.75) is 24.7 Å². The van der Waals surface area contributed by atoms with Gasteiger partial charge in [-0.2, -0.15) is 18.3 Å². The minimum absolute atomic E-state index is 0.108. The number of carbonyl (C=O) groups excluding carboxylic acids is 1. The summed E-state index contributed by atoms with van der Waals surface area (Å²) >= 11 is 0. The minimum atomic E-state index is -4.54. The second kappa shape index (κ2) is 8.47. The van der Waals surface area contributed by atoms with E-state index in [0.29, 0.717) is 37.8 Å². The number of hydrogen-bond acceptors (Lipinski definition) is 6. The van der Waals surface area contributed by atoms with Gasteiger partial charge in [-0.25, -0.2) is 4.68 Å². The van der Waals surface area contributed by atoms with Gasteiger partial charge < -0.3 is 24.7 Å². The molecule has 8 nitrogen and oxygen atoms in total. The van der Waals surface area contributed by atoms with Crippen LogP contribution in [0, 0.1) is 0 Å². The maximum absolute atomic E-state index is 13.8. The number of ether oxygens (including phenoxy) is 1. The highest BCUT2D eigenvalue weighted by molar-refractivity contribution is 6.05. The molecular formula is C22H22F3N5O3. The summed E-state index contributed by atoms with van der Waals surface area (Å²) in [7, 11) is 0. The van der Waals surface area contributed by atoms with Crippen LogP contribution in [0.3, 0.4) is 0 Å². The third-order valence-corrected chi connectivity index (χ3v) is 5.81. The van der Waals surface area contributed by atoms with Gasteiger partial charge in [0.1, 0.15) is 11.6 Å². The number of hydrogen-bond donors (Lipinski definition) is 2. The second-order valence-electron chi connectivity index (χ2n) is 7.94. The molecule has 11 heteroatoms. The van der Waals surface area contributed by atoms with E-state index in [4.69, 9.17) is 9.15 Å². The number of furan rings is 1. The molecule has 2 aliphatic heterocycles. The van der Waals surface area contributed by atoms with E-state index >= 15 is 0 Å². The number of alkyl halides is 3. The molecule has 1 aromatic carbocycles. The topological polar surface area (TPSA) is 84.6 Å². The Labute approximate surface area is 187 Å². The zero-order valence-corrected chi connectivity index (χ0v) is 17.5. The molecule has 0 aliphatic carbocycles. The van der Waals surface area contributed by atoms with Crippen LogP contribution in [0.15, 0.2) is 53.1 Å². The Morgan fingerprint density at radius 2 is 1.94 bits per heavy atom. The van der Waals surface area contributed by atoms with Crippen LogP contribution < -0.4 is 15.5 Å². The molecule has 3 aromatic rings. The fourth-order valence-corrected chi connectivity index (χ4v) is 4.21. The number of nitrogens with one attached hydrogen (secondary N) is 2. The van der Waals surface area contributed by atoms with Gasteiger partial charge in [-0.05, 0) is 24.3 Å². The van der Waals surface area contributed by atoms with Crippen molar-refractivity contribution in [3.8, 4) is 0 Å². The predicted octanol–water partition coefficient (Wildman–Crippen LogP) is 4.23. The van der Waals surface area contributed by atoms with Crippen molar-refractivity contribution in [2.24, 2.45) is 0 Å². The van der Waals surface area contributed by atoms with Crippen LogP contribution in [0.2, 0.25) is 0 Å². The van der Waals surface area contributed by atoms with Crippen LogP contribution in [0.1, 0.15) is 34.8 Å². The van der Waals surface area contributed by atoms with E-state index in [0.717, 1.165) is 10.4 Å². The molecule has 2 aliphatic rings. The number of carbonyl (C=O) groups is 1. The van der Waals surface area contributed by atoms with Crippen molar-refractivity contribution in [3.63, 3.8) is 0 Å². The van der Waals surface area contributed by atoms with Gasteiger partial charge in [0, 0.05) is 25.6 Å². The van der Waals surface area contributed by atoms with Crippen molar-refractivity contribution in [3.05, 3.63) is 60.2 Å². The molecule has 0 saturated carbocycles. The number of rotatable bonds is 4. The molecule has 2 aromatic heterocycles. The molecule has 5 rings (SSSR count). The Balaban J connectivity index is 1.41. The number of para-hydroxylation sites is 2. The molecule has 2 N–H and O–H groups in total. The smallest absolute Gasteiger partial charge is 0.410 e. The van der Waals surface area contributed by atoms with Gasteiger partial charge in [-0.1, -0.05) is 12.1 Å². The first-order valence-electron chi connectivity index (χ1n) is 10.6. The lowest BCUT2D eigenvalue weighted by Crippen LogP contribution is -2.36. The van der Waals surface area contributed by atoms with E-state index in [1.807, 2.05) is 12.1 Å². The van der Waals surface area contributed by atoms with E-state index in [2.05, 4.69) is 20.6 Å². The first kappa shape index (κ1) is 21.4. The maximum atomic E-state index is 13.8. The Kier molecular flexibility index (Phi) is 5.49. The molecular weight excluding hydrogens is 439 g/mol. The maximum Gasteiger partial charge on any atom is 0.410 e. The third-order valence-electron chi connectivity index (χ3n) is 5.81. The summed E-state index contributed by atoms with van der Waals surface area (Å²) in [5, 5.41) is 9.82. The number of anilines is 3. The van der Waals surface area contributed by atoms with Crippen LogP contribution >= 0.6 is 0 Å². The first-order chi connectivity index (χ1) is 15.9. The molecule has 0 unspecified atom stereocenters. The highest BCUT2D eigenvalue weighted by atomic mass is 19.4. The Bertz CT molecular complexity index is 1120. The highest BCUT2D eigenvalue weighted by Crippen LogP contribution is 2.43. The summed E-state index contributed by atoms with van der Waals surface area (Å²) in [5.41, 5.74) is 1.27. The third kappa shape index (κ3) is 4.28. The van der Waals surface area contributed by atoms with Gasteiger partial charge in [-0.3, -0.25) is 4.79 Å². The van der Waals surface area contributed by atoms with Crippen molar-refractivity contribution in [1.82, 2.24) is 9.78 Å². The summed E-state index contributed by atoms with van der Waals surface area (Å²) in [5.74, 6) is -0.0892. The molecule has 174 valence electrons. The normalized spacial score (nSPS) is 20.8. The van der Waals surface area contributed by atoms with E-state index in [1.165, 1.54) is 12.3 Å². The van der Waals surface area contributed by atoms with E-state index < -0.39 is 24.2 Å². The van der Waals surface area contributed by atoms with Gasteiger partial charge in [0.2, 0.25) is 0 Å². The number of halogens is 3. The number of morpholine rings is 1. The fraction of sp³-hybridized carbons (Fsp3) is 0.364. The Morgan fingerprint density at radius 3 is 2.67 bits per heavy atom. The van der Waals surface area contributed by atoms with Gasteiger partial charge >= 0.3 is 6.18 Å². The van der Waals surface area contributed by atoms with Crippen molar-refractivity contribution >= 4 is 23.1 Å². The molecule has 0 bridgehead atoms. The van der Waals surface area contributed by atoms with Crippen LogP contribution in [0.5, 0.6) is 0 Å². The monoisotopic (exact) mass is 461 g/mol. The molecule has 4 heterocycles. The predicted molar refractivity (Wildman–Crippen MR) is 114 cm³/mol. The summed E-state index contributed by atoms with van der Waals surface area (Å²) in [6.45, 7) is 2.52. The molecule has 2 atom stereocenters. The van der Waals surface area contributed by atoms with E-state index in [9.17, 15) is 18.0 Å². The average molecular weight is 461 g/mol. The second-order valence-corrected chi connectivity index (χ2v) is 7.94. The lowest BCUT2D eigenvalue weighted by Gasteiger charge is -2.32. The zero-order chi connectivity index (χ0) is 23.0. The van der Waals surface area contributed by atoms with Crippen molar-refractivity contribution < 1.29 is 27.1 Å². The van der Waals surface area contributed by atoms with Gasteiger partial charge in [0.05, 0.1) is 36.9 Å². The van der Waals surface area contributed by atoms with Crippen molar-refractivity contribution in [2.75, 3.05) is 41.8 Å². The summed E-state index contributed by atoms with van der Waals surface area (Å²) in [4.78, 5) is 15.1. The molecule has 0 radical (unpaired) electrons. The van der Waals surface area contributed by atoms with Gasteiger partial charge in [0.25, 0.3) is 5.91 Å². The van der Waals surface area contributed by atoms with Gasteiger partial charge in [-0.15, -0.1) is 0 Å². The Hall–Kier alpha value is -3.47. The zero-order valence-electron chi connectivity index (χ0n) is 17.5. The molecule has 1 amide bonds. The number of aromatic nitrogens is 2. The molecule has 1 fully saturated rings. The SMILES string of the molecule is O=C(Nc1ccccc1N1CCOCC1)c1cc2n(n1)[C@@H](C(F)(F)F)C[C@@H](c1ccco1)N2. The van der Waals surface area contributed by atoms with Crippen LogP contribution in [-0.2, 0) is 4.74 Å². The summed E-state index contributed by atoms with van der Waals surface area (Å²) < 4.78 is 53.0. The van der Waals surface area contributed by atoms with E-state index in [-0.39, 0.29) is 17.9 Å². The number of fused-ring (bicyclic) bond motifs is 1. The fourth-order valence-electron chi connectivity index (χ4n) is 4.21. The van der Waals surface area contributed by atoms with Crippen molar-refractivity contribution in [1.29, 1.82) is 0 Å². The van der Waals surface area contributed by atoms with Crippen LogP contribution in [-0.4, -0.2) is 48.2 Å². The van der Waals surface area contributed by atoms with Crippen LogP contribution in [0.4, 0.5) is 30.4 Å². The lowest BCUT2D eigenvalue weighted by atomic mass is 10.0. The average Bonchev–Trinajstić information content (AvgIpc) is 3.49. The summed E-state index contributed by atoms with van der Waals surface area (Å²) in [6.07, 6.45) is -3.42. The molecule has 33 heavy (non-hydrogen) atoms. The quantitative estimate of drug-likeness (QED) is 0.605. The Morgan fingerprint density at radius 1 is 1.15 bits per heavy atom. The first-order valence-corrected chi connectivity index (χ1v) is 10.6. The van der Waals surface area contributed by atoms with Crippen LogP contribution in [0.25, 0.3) is 0 Å². The number of benzene rings is 1. The molecule has 0 spiro atoms. The standard InChI is InChI=1S/C22H22F3N5O3/c23-22(24,25)19-12-15(18-6-3-9-33-18)26-20-13-16(28-30(19)20)21(31)27-14-4-1-2-5-17(14)29-7-10-32-11-8-29/h1-6,9,13,15,19,26H,7-8,10-12H2,(H,27,31)/t15-,19+/m0/s1.